The molecular weight excluding hydrogens is 450 g/mol. The summed E-state index contributed by atoms with van der Waals surface area (Å²) < 4.78 is 11.2. The van der Waals surface area contributed by atoms with E-state index in [1.54, 1.807) is 30.6 Å². The summed E-state index contributed by atoms with van der Waals surface area (Å²) in [4.78, 5) is 24.5. The van der Waals surface area contributed by atoms with Gasteiger partial charge in [-0.15, -0.1) is 11.3 Å². The van der Waals surface area contributed by atoms with Crippen molar-refractivity contribution in [3.63, 3.8) is 0 Å². The first-order valence-corrected chi connectivity index (χ1v) is 12.3. The second-order valence-corrected chi connectivity index (χ2v) is 8.98. The van der Waals surface area contributed by atoms with Crippen LogP contribution in [0.5, 0.6) is 11.5 Å². The number of carboxylic acid groups (broad SMARTS) is 1. The van der Waals surface area contributed by atoms with E-state index in [-0.39, 0.29) is 18.7 Å². The fourth-order valence-electron chi connectivity index (χ4n) is 3.47. The first kappa shape index (κ1) is 25.5. The topological polar surface area (TPSA) is 84.9 Å². The number of thiophene rings is 1. The predicted octanol–water partition coefficient (Wildman–Crippen LogP) is 5.59. The zero-order valence-electron chi connectivity index (χ0n) is 19.6. The number of aryl methyl sites for hydroxylation is 1. The minimum absolute atomic E-state index is 0.0132. The molecule has 0 aliphatic rings. The highest BCUT2D eigenvalue weighted by atomic mass is 32.1. The van der Waals surface area contributed by atoms with Crippen LogP contribution in [0.4, 0.5) is 0 Å². The van der Waals surface area contributed by atoms with Crippen molar-refractivity contribution in [1.82, 2.24) is 5.32 Å². The number of unbranched alkanes of at least 4 members (excludes halogenated alkanes) is 1. The van der Waals surface area contributed by atoms with Gasteiger partial charge in [-0.05, 0) is 53.6 Å². The van der Waals surface area contributed by atoms with Crippen LogP contribution < -0.4 is 14.8 Å². The largest absolute Gasteiger partial charge is 0.497 e. The maximum Gasteiger partial charge on any atom is 0.303 e. The molecule has 0 unspecified atom stereocenters. The fourth-order valence-corrected chi connectivity index (χ4v) is 4.32. The predicted molar refractivity (Wildman–Crippen MR) is 135 cm³/mol. The van der Waals surface area contributed by atoms with Crippen LogP contribution in [-0.4, -0.2) is 37.1 Å². The molecule has 0 atom stereocenters. The summed E-state index contributed by atoms with van der Waals surface area (Å²) in [6.45, 7) is 3.56. The van der Waals surface area contributed by atoms with Crippen LogP contribution in [0.2, 0.25) is 0 Å². The Labute approximate surface area is 204 Å². The number of Topliss-reactive ketones (excluding diaryl/α,β-unsaturated/α-hetero) is 1. The Balaban J connectivity index is 1.65. The molecule has 180 valence electrons. The molecule has 3 rings (SSSR count). The first-order valence-electron chi connectivity index (χ1n) is 11.4. The Bertz CT molecular complexity index is 1110. The van der Waals surface area contributed by atoms with Gasteiger partial charge in [-0.2, -0.15) is 0 Å². The van der Waals surface area contributed by atoms with E-state index in [0.717, 1.165) is 40.2 Å². The second-order valence-electron chi connectivity index (χ2n) is 7.99. The number of rotatable bonds is 14. The van der Waals surface area contributed by atoms with Gasteiger partial charge in [0.15, 0.2) is 5.78 Å². The van der Waals surface area contributed by atoms with Crippen molar-refractivity contribution in [3.05, 3.63) is 69.9 Å². The Morgan fingerprint density at radius 1 is 1.12 bits per heavy atom. The maximum absolute atomic E-state index is 12.5. The molecule has 0 aliphatic heterocycles. The van der Waals surface area contributed by atoms with Crippen molar-refractivity contribution in [2.24, 2.45) is 0 Å². The van der Waals surface area contributed by atoms with Gasteiger partial charge in [0.25, 0.3) is 0 Å². The number of hydrogen-bond acceptors (Lipinski definition) is 6. The summed E-state index contributed by atoms with van der Waals surface area (Å²) >= 11 is 1.63. The molecule has 6 nitrogen and oxygen atoms in total. The molecular formula is C27H31NO5S. The SMILES string of the molecule is CCCCOc1cc(CCC(=O)O)ccc1-c1csc(CNCC(=O)c2cccc(OC)c2)c1. The summed E-state index contributed by atoms with van der Waals surface area (Å²) in [6.07, 6.45) is 2.56. The minimum Gasteiger partial charge on any atom is -0.497 e. The molecule has 0 aliphatic carbocycles. The van der Waals surface area contributed by atoms with Crippen molar-refractivity contribution < 1.29 is 24.2 Å². The van der Waals surface area contributed by atoms with Gasteiger partial charge in [0.05, 0.1) is 20.3 Å². The molecule has 0 bridgehead atoms. The maximum atomic E-state index is 12.5. The van der Waals surface area contributed by atoms with Gasteiger partial charge in [-0.3, -0.25) is 9.59 Å². The van der Waals surface area contributed by atoms with Gasteiger partial charge < -0.3 is 19.9 Å². The van der Waals surface area contributed by atoms with Gasteiger partial charge in [0.1, 0.15) is 11.5 Å². The summed E-state index contributed by atoms with van der Waals surface area (Å²) in [5.41, 5.74) is 3.61. The van der Waals surface area contributed by atoms with E-state index in [1.165, 1.54) is 0 Å². The highest BCUT2D eigenvalue weighted by Crippen LogP contribution is 2.34. The Morgan fingerprint density at radius 3 is 2.74 bits per heavy atom. The van der Waals surface area contributed by atoms with E-state index in [0.29, 0.717) is 30.9 Å². The van der Waals surface area contributed by atoms with E-state index in [4.69, 9.17) is 14.6 Å². The van der Waals surface area contributed by atoms with Crippen molar-refractivity contribution in [2.75, 3.05) is 20.3 Å². The molecule has 1 aromatic heterocycles. The summed E-state index contributed by atoms with van der Waals surface area (Å²) in [5, 5.41) is 14.3. The number of benzene rings is 2. The van der Waals surface area contributed by atoms with Crippen LogP contribution in [-0.2, 0) is 17.8 Å². The average Bonchev–Trinajstić information content (AvgIpc) is 3.31. The fraction of sp³-hybridized carbons (Fsp3) is 0.333. The Kier molecular flexibility index (Phi) is 9.67. The lowest BCUT2D eigenvalue weighted by Crippen LogP contribution is -2.22. The highest BCUT2D eigenvalue weighted by molar-refractivity contribution is 7.10. The molecule has 0 saturated carbocycles. The van der Waals surface area contributed by atoms with Gasteiger partial charge in [0.2, 0.25) is 0 Å². The van der Waals surface area contributed by atoms with Gasteiger partial charge in [-0.1, -0.05) is 37.6 Å². The molecule has 0 radical (unpaired) electrons. The standard InChI is InChI=1S/C27H31NO5S/c1-3-4-12-33-26-13-19(9-11-27(30)31)8-10-24(26)21-15-23(34-18-21)16-28-17-25(29)20-6-5-7-22(14-20)32-2/h5-8,10,13-15,18,28H,3-4,9,11-12,16-17H2,1-2H3,(H,30,31). The quantitative estimate of drug-likeness (QED) is 0.231. The van der Waals surface area contributed by atoms with Gasteiger partial charge in [0, 0.05) is 29.0 Å². The number of hydrogen-bond donors (Lipinski definition) is 2. The van der Waals surface area contributed by atoms with E-state index < -0.39 is 5.97 Å². The third kappa shape index (κ3) is 7.43. The lowest BCUT2D eigenvalue weighted by molar-refractivity contribution is -0.136. The summed E-state index contributed by atoms with van der Waals surface area (Å²) in [6, 6.07) is 15.2. The van der Waals surface area contributed by atoms with Crippen molar-refractivity contribution >= 4 is 23.1 Å². The monoisotopic (exact) mass is 481 g/mol. The minimum atomic E-state index is -0.808. The smallest absolute Gasteiger partial charge is 0.303 e. The average molecular weight is 482 g/mol. The number of aliphatic carboxylic acids is 1. The van der Waals surface area contributed by atoms with Crippen molar-refractivity contribution in [1.29, 1.82) is 0 Å². The summed E-state index contributed by atoms with van der Waals surface area (Å²) in [7, 11) is 1.58. The lowest BCUT2D eigenvalue weighted by Gasteiger charge is -2.12. The third-order valence-corrected chi connectivity index (χ3v) is 6.31. The van der Waals surface area contributed by atoms with Crippen LogP contribution in [0.3, 0.4) is 0 Å². The molecule has 1 heterocycles. The molecule has 0 saturated heterocycles. The van der Waals surface area contributed by atoms with Crippen LogP contribution in [0, 0.1) is 0 Å². The molecule has 2 N–H and O–H groups in total. The number of ether oxygens (including phenoxy) is 2. The normalized spacial score (nSPS) is 10.8. The molecule has 34 heavy (non-hydrogen) atoms. The molecule has 2 aromatic carbocycles. The molecule has 7 heteroatoms. The number of carboxylic acids is 1. The van der Waals surface area contributed by atoms with Crippen molar-refractivity contribution in [3.8, 4) is 22.6 Å². The lowest BCUT2D eigenvalue weighted by atomic mass is 10.0. The van der Waals surface area contributed by atoms with Crippen LogP contribution in [0.15, 0.2) is 53.9 Å². The van der Waals surface area contributed by atoms with E-state index in [9.17, 15) is 9.59 Å². The first-order chi connectivity index (χ1) is 16.5. The van der Waals surface area contributed by atoms with E-state index in [1.807, 2.05) is 30.3 Å². The highest BCUT2D eigenvalue weighted by Gasteiger charge is 2.12. The van der Waals surface area contributed by atoms with Crippen LogP contribution >= 0.6 is 11.3 Å². The number of nitrogens with one attached hydrogen (secondary N) is 1. The van der Waals surface area contributed by atoms with Gasteiger partial charge >= 0.3 is 5.97 Å². The molecule has 3 aromatic rings. The second kappa shape index (κ2) is 12.9. The Morgan fingerprint density at radius 2 is 1.97 bits per heavy atom. The molecule has 0 amide bonds. The van der Waals surface area contributed by atoms with E-state index in [2.05, 4.69) is 23.7 Å². The number of ketones is 1. The zero-order valence-corrected chi connectivity index (χ0v) is 20.5. The number of carbonyl (C=O) groups excluding carboxylic acids is 1. The van der Waals surface area contributed by atoms with Crippen LogP contribution in [0.25, 0.3) is 11.1 Å². The van der Waals surface area contributed by atoms with Crippen molar-refractivity contribution in [2.45, 2.75) is 39.2 Å². The number of methoxy groups -OCH3 is 1. The summed E-state index contributed by atoms with van der Waals surface area (Å²) in [5.74, 6) is 0.651. The zero-order chi connectivity index (χ0) is 24.3. The number of carbonyl (C=O) groups is 2. The third-order valence-electron chi connectivity index (χ3n) is 5.37. The van der Waals surface area contributed by atoms with Gasteiger partial charge in [-0.25, -0.2) is 0 Å². The molecule has 0 spiro atoms. The van der Waals surface area contributed by atoms with Crippen LogP contribution in [0.1, 0.15) is 47.0 Å². The molecule has 0 fully saturated rings. The Hall–Kier alpha value is -3.16. The van der Waals surface area contributed by atoms with E-state index >= 15 is 0 Å².